The van der Waals surface area contributed by atoms with Crippen LogP contribution < -0.4 is 0 Å². The lowest BCUT2D eigenvalue weighted by Crippen LogP contribution is -1.96. The maximum atomic E-state index is 7.06. The van der Waals surface area contributed by atoms with E-state index in [9.17, 15) is 0 Å². The number of rotatable bonds is 4. The van der Waals surface area contributed by atoms with Gasteiger partial charge >= 0.3 is 0 Å². The van der Waals surface area contributed by atoms with Crippen LogP contribution in [0.1, 0.15) is 0 Å². The zero-order valence-electron chi connectivity index (χ0n) is 31.6. The van der Waals surface area contributed by atoms with E-state index in [1.165, 1.54) is 26.9 Å². The van der Waals surface area contributed by atoms with Crippen molar-refractivity contribution >= 4 is 87.4 Å². The molecule has 4 aromatic heterocycles. The van der Waals surface area contributed by atoms with Crippen molar-refractivity contribution in [2.45, 2.75) is 0 Å². The molecule has 59 heavy (non-hydrogen) atoms. The van der Waals surface area contributed by atoms with Crippen LogP contribution in [0.15, 0.2) is 197 Å². The third-order valence-electron chi connectivity index (χ3n) is 12.0. The Morgan fingerprint density at radius 1 is 0.390 bits per heavy atom. The average molecular weight is 754 g/mol. The third kappa shape index (κ3) is 4.73. The summed E-state index contributed by atoms with van der Waals surface area (Å²) in [6.07, 6.45) is 0. The van der Waals surface area contributed by atoms with Gasteiger partial charge in [0, 0.05) is 38.2 Å². The number of para-hydroxylation sites is 1. The van der Waals surface area contributed by atoms with E-state index >= 15 is 0 Å². The molecule has 0 unspecified atom stereocenters. The van der Waals surface area contributed by atoms with Crippen LogP contribution in [0.5, 0.6) is 0 Å². The molecule has 0 radical (unpaired) electrons. The minimum atomic E-state index is 0.555. The van der Waals surface area contributed by atoms with E-state index in [-0.39, 0.29) is 0 Å². The van der Waals surface area contributed by atoms with Gasteiger partial charge in [-0.3, -0.25) is 0 Å². The van der Waals surface area contributed by atoms with Crippen molar-refractivity contribution in [3.63, 3.8) is 0 Å². The summed E-state index contributed by atoms with van der Waals surface area (Å²) >= 11 is 0. The van der Waals surface area contributed by atoms with E-state index in [2.05, 4.69) is 144 Å². The Morgan fingerprint density at radius 2 is 1.08 bits per heavy atom. The van der Waals surface area contributed by atoms with Gasteiger partial charge in [-0.05, 0) is 75.6 Å². The molecule has 9 aromatic carbocycles. The molecule has 13 rings (SSSR count). The Bertz CT molecular complexity index is 3840. The Balaban J connectivity index is 1.12. The minimum absolute atomic E-state index is 0.555. The molecule has 0 aliphatic rings. The largest absolute Gasteiger partial charge is 0.455 e. The van der Waals surface area contributed by atoms with Crippen molar-refractivity contribution in [1.29, 1.82) is 0 Å². The SMILES string of the molecule is c1ccc(-c2nc(-c3ccccc3)c3c(n2)oc2ccc(-c4ccc(-n5c6ccccc6c6cc7ccccc7cc65)c5c4oc4ccc6ccccc6c45)cc23)cc1. The predicted octanol–water partition coefficient (Wildman–Crippen LogP) is 14.7. The van der Waals surface area contributed by atoms with Crippen LogP contribution in [-0.2, 0) is 0 Å². The van der Waals surface area contributed by atoms with E-state index in [4.69, 9.17) is 18.8 Å². The molecular weight excluding hydrogens is 723 g/mol. The summed E-state index contributed by atoms with van der Waals surface area (Å²) in [7, 11) is 0. The summed E-state index contributed by atoms with van der Waals surface area (Å²) in [5.74, 6) is 0.626. The van der Waals surface area contributed by atoms with Crippen molar-refractivity contribution < 1.29 is 8.83 Å². The highest BCUT2D eigenvalue weighted by molar-refractivity contribution is 6.25. The molecule has 0 spiro atoms. The molecular formula is C54H31N3O2. The fourth-order valence-corrected chi connectivity index (χ4v) is 9.32. The topological polar surface area (TPSA) is 57.0 Å². The second-order valence-electron chi connectivity index (χ2n) is 15.3. The summed E-state index contributed by atoms with van der Waals surface area (Å²) in [5.41, 5.74) is 11.1. The summed E-state index contributed by atoms with van der Waals surface area (Å²) < 4.78 is 16.0. The number of hydrogen-bond acceptors (Lipinski definition) is 4. The third-order valence-corrected chi connectivity index (χ3v) is 12.0. The molecule has 0 bridgehead atoms. The first-order valence-electron chi connectivity index (χ1n) is 19.9. The van der Waals surface area contributed by atoms with Gasteiger partial charge < -0.3 is 13.4 Å². The number of nitrogens with zero attached hydrogens (tertiary/aromatic N) is 3. The van der Waals surface area contributed by atoms with E-state index in [0.29, 0.717) is 11.5 Å². The highest BCUT2D eigenvalue weighted by atomic mass is 16.3. The fraction of sp³-hybridized carbons (Fsp3) is 0. The summed E-state index contributed by atoms with van der Waals surface area (Å²) in [6, 6.07) is 66.2. The molecule has 0 atom stereocenters. The lowest BCUT2D eigenvalue weighted by atomic mass is 9.97. The molecule has 0 saturated heterocycles. The average Bonchev–Trinajstić information content (AvgIpc) is 3.98. The molecule has 4 heterocycles. The Labute approximate surface area is 337 Å². The first-order valence-corrected chi connectivity index (χ1v) is 19.9. The van der Waals surface area contributed by atoms with E-state index in [1.807, 2.05) is 48.5 Å². The van der Waals surface area contributed by atoms with Crippen LogP contribution in [0.25, 0.3) is 127 Å². The number of furan rings is 2. The van der Waals surface area contributed by atoms with Gasteiger partial charge in [0.1, 0.15) is 16.7 Å². The number of aromatic nitrogens is 3. The smallest absolute Gasteiger partial charge is 0.231 e. The Hall–Kier alpha value is -8.02. The second-order valence-corrected chi connectivity index (χ2v) is 15.3. The molecule has 0 amide bonds. The molecule has 5 nitrogen and oxygen atoms in total. The van der Waals surface area contributed by atoms with Gasteiger partial charge in [0.25, 0.3) is 0 Å². The lowest BCUT2D eigenvalue weighted by molar-refractivity contribution is 0.653. The van der Waals surface area contributed by atoms with Gasteiger partial charge in [0.15, 0.2) is 5.82 Å². The first kappa shape index (κ1) is 32.1. The standard InChI is InChI=1S/C54H31N3O2/c1-3-14-33(15-4-1)51-49-42-30-37(24-27-46(42)59-54(49)56-53(55-51)34-16-5-2-6-17-34)39-25-26-44(50-48-38-20-10-9-13-32(38)23-28-47(48)58-52(39)50)57-43-22-12-11-21-40(43)41-29-35-18-7-8-19-36(35)31-45(41)57/h1-31H. The summed E-state index contributed by atoms with van der Waals surface area (Å²) in [4.78, 5) is 10.2. The van der Waals surface area contributed by atoms with Crippen LogP contribution in [0.3, 0.4) is 0 Å². The minimum Gasteiger partial charge on any atom is -0.455 e. The van der Waals surface area contributed by atoms with Gasteiger partial charge in [0.2, 0.25) is 5.71 Å². The monoisotopic (exact) mass is 753 g/mol. The van der Waals surface area contributed by atoms with Crippen LogP contribution in [-0.4, -0.2) is 14.5 Å². The number of benzene rings is 9. The maximum Gasteiger partial charge on any atom is 0.231 e. The quantitative estimate of drug-likeness (QED) is 0.180. The molecule has 0 N–H and O–H groups in total. The highest BCUT2D eigenvalue weighted by Gasteiger charge is 2.24. The van der Waals surface area contributed by atoms with Gasteiger partial charge in [-0.15, -0.1) is 0 Å². The van der Waals surface area contributed by atoms with Crippen LogP contribution in [0, 0.1) is 0 Å². The van der Waals surface area contributed by atoms with Crippen molar-refractivity contribution in [1.82, 2.24) is 14.5 Å². The van der Waals surface area contributed by atoms with E-state index < -0.39 is 0 Å². The zero-order chi connectivity index (χ0) is 38.6. The molecule has 0 fully saturated rings. The molecule has 0 saturated carbocycles. The molecule has 0 aliphatic carbocycles. The van der Waals surface area contributed by atoms with Crippen LogP contribution >= 0.6 is 0 Å². The first-order chi connectivity index (χ1) is 29.2. The number of fused-ring (bicyclic) bond motifs is 12. The van der Waals surface area contributed by atoms with E-state index in [0.717, 1.165) is 88.3 Å². The van der Waals surface area contributed by atoms with Crippen molar-refractivity contribution in [3.8, 4) is 39.5 Å². The predicted molar refractivity (Wildman–Crippen MR) is 242 cm³/mol. The molecule has 13 aromatic rings. The van der Waals surface area contributed by atoms with Gasteiger partial charge in [-0.25, -0.2) is 4.98 Å². The Kier molecular flexibility index (Phi) is 6.66. The summed E-state index contributed by atoms with van der Waals surface area (Å²) in [5, 5.41) is 11.2. The second kappa shape index (κ2) is 12.2. The Morgan fingerprint density at radius 3 is 1.92 bits per heavy atom. The molecule has 0 aliphatic heterocycles. The van der Waals surface area contributed by atoms with Crippen molar-refractivity contribution in [2.75, 3.05) is 0 Å². The fourth-order valence-electron chi connectivity index (χ4n) is 9.32. The molecule has 5 heteroatoms. The van der Waals surface area contributed by atoms with E-state index in [1.54, 1.807) is 0 Å². The van der Waals surface area contributed by atoms with Crippen LogP contribution in [0.2, 0.25) is 0 Å². The van der Waals surface area contributed by atoms with Crippen LogP contribution in [0.4, 0.5) is 0 Å². The molecule has 274 valence electrons. The van der Waals surface area contributed by atoms with Crippen molar-refractivity contribution in [3.05, 3.63) is 188 Å². The van der Waals surface area contributed by atoms with Crippen molar-refractivity contribution in [2.24, 2.45) is 0 Å². The highest BCUT2D eigenvalue weighted by Crippen LogP contribution is 2.46. The maximum absolute atomic E-state index is 7.06. The normalized spacial score (nSPS) is 12.1. The van der Waals surface area contributed by atoms with Gasteiger partial charge in [-0.1, -0.05) is 140 Å². The summed E-state index contributed by atoms with van der Waals surface area (Å²) in [6.45, 7) is 0. The van der Waals surface area contributed by atoms with Gasteiger partial charge in [0.05, 0.1) is 33.2 Å². The van der Waals surface area contributed by atoms with Gasteiger partial charge in [-0.2, -0.15) is 4.98 Å². The number of hydrogen-bond donors (Lipinski definition) is 0. The lowest BCUT2D eigenvalue weighted by Gasteiger charge is -2.13. The zero-order valence-corrected chi connectivity index (χ0v) is 31.6.